The van der Waals surface area contributed by atoms with E-state index in [-0.39, 0.29) is 18.5 Å². The summed E-state index contributed by atoms with van der Waals surface area (Å²) in [6.45, 7) is 6.23. The van der Waals surface area contributed by atoms with Gasteiger partial charge in [-0.1, -0.05) is 25.1 Å². The standard InChI is InChI=1S/C18H22N4O2/c1-5-18(15-9-19-21(4)11-15)16(23)22(17(24)20-18)10-14-7-6-12(2)13(3)8-14/h6-9,11H,5,10H2,1-4H3,(H,20,24)/t18-/m1/s1. The molecule has 0 radical (unpaired) electrons. The van der Waals surface area contributed by atoms with Crippen molar-refractivity contribution in [3.05, 3.63) is 52.8 Å². The summed E-state index contributed by atoms with van der Waals surface area (Å²) in [5.74, 6) is -0.221. The summed E-state index contributed by atoms with van der Waals surface area (Å²) in [7, 11) is 1.79. The van der Waals surface area contributed by atoms with E-state index in [0.29, 0.717) is 12.0 Å². The largest absolute Gasteiger partial charge is 0.325 e. The Morgan fingerprint density at radius 1 is 1.21 bits per heavy atom. The normalized spacial score (nSPS) is 20.6. The van der Waals surface area contributed by atoms with Crippen LogP contribution in [0.25, 0.3) is 0 Å². The van der Waals surface area contributed by atoms with Gasteiger partial charge in [-0.25, -0.2) is 4.79 Å². The summed E-state index contributed by atoms with van der Waals surface area (Å²) >= 11 is 0. The van der Waals surface area contributed by atoms with Gasteiger partial charge in [0.25, 0.3) is 5.91 Å². The van der Waals surface area contributed by atoms with Crippen molar-refractivity contribution < 1.29 is 9.59 Å². The number of hydrogen-bond acceptors (Lipinski definition) is 3. The molecule has 2 aromatic rings. The summed E-state index contributed by atoms with van der Waals surface area (Å²) in [6, 6.07) is 5.63. The molecule has 0 bridgehead atoms. The number of carbonyl (C=O) groups excluding carboxylic acids is 2. The molecule has 0 aliphatic carbocycles. The topological polar surface area (TPSA) is 67.2 Å². The summed E-state index contributed by atoms with van der Waals surface area (Å²) in [5, 5.41) is 7.02. The third-order valence-corrected chi connectivity index (χ3v) is 4.82. The van der Waals surface area contributed by atoms with E-state index >= 15 is 0 Å². The summed E-state index contributed by atoms with van der Waals surface area (Å²) < 4.78 is 1.64. The van der Waals surface area contributed by atoms with Gasteiger partial charge in [-0.05, 0) is 37.0 Å². The maximum Gasteiger partial charge on any atom is 0.325 e. The number of benzene rings is 1. The van der Waals surface area contributed by atoms with E-state index in [4.69, 9.17) is 0 Å². The molecule has 3 rings (SSSR count). The molecule has 1 saturated heterocycles. The molecule has 1 aromatic carbocycles. The van der Waals surface area contributed by atoms with Gasteiger partial charge in [0.1, 0.15) is 5.54 Å². The Bertz CT molecular complexity index is 811. The van der Waals surface area contributed by atoms with Crippen molar-refractivity contribution >= 4 is 11.9 Å². The van der Waals surface area contributed by atoms with Crippen LogP contribution in [0.15, 0.2) is 30.6 Å². The minimum Gasteiger partial charge on any atom is -0.319 e. The zero-order valence-electron chi connectivity index (χ0n) is 14.5. The highest BCUT2D eigenvalue weighted by Gasteiger charge is 2.51. The fourth-order valence-electron chi connectivity index (χ4n) is 3.14. The van der Waals surface area contributed by atoms with E-state index in [2.05, 4.69) is 10.4 Å². The molecule has 6 nitrogen and oxygen atoms in total. The maximum atomic E-state index is 13.0. The predicted molar refractivity (Wildman–Crippen MR) is 90.2 cm³/mol. The summed E-state index contributed by atoms with van der Waals surface area (Å²) in [5.41, 5.74) is 2.97. The van der Waals surface area contributed by atoms with Crippen LogP contribution in [0.3, 0.4) is 0 Å². The lowest BCUT2D eigenvalue weighted by Crippen LogP contribution is -2.43. The molecule has 2 heterocycles. The second kappa shape index (κ2) is 5.78. The number of aryl methyl sites for hydroxylation is 3. The van der Waals surface area contributed by atoms with Crippen molar-refractivity contribution in [3.8, 4) is 0 Å². The fraction of sp³-hybridized carbons (Fsp3) is 0.389. The highest BCUT2D eigenvalue weighted by atomic mass is 16.2. The highest BCUT2D eigenvalue weighted by Crippen LogP contribution is 2.33. The molecule has 0 saturated carbocycles. The third kappa shape index (κ3) is 2.48. The van der Waals surface area contributed by atoms with E-state index in [1.54, 1.807) is 24.1 Å². The van der Waals surface area contributed by atoms with Crippen LogP contribution < -0.4 is 5.32 Å². The molecule has 0 spiro atoms. The van der Waals surface area contributed by atoms with Crippen molar-refractivity contribution in [2.75, 3.05) is 0 Å². The number of nitrogens with zero attached hydrogens (tertiary/aromatic N) is 3. The van der Waals surface area contributed by atoms with Crippen LogP contribution in [0.1, 0.15) is 35.6 Å². The Morgan fingerprint density at radius 2 is 1.96 bits per heavy atom. The first kappa shape index (κ1) is 16.2. The Morgan fingerprint density at radius 3 is 2.54 bits per heavy atom. The van der Waals surface area contributed by atoms with Crippen molar-refractivity contribution in [1.29, 1.82) is 0 Å². The van der Waals surface area contributed by atoms with Crippen molar-refractivity contribution in [2.24, 2.45) is 7.05 Å². The molecule has 1 N–H and O–H groups in total. The third-order valence-electron chi connectivity index (χ3n) is 4.82. The van der Waals surface area contributed by atoms with Gasteiger partial charge >= 0.3 is 6.03 Å². The average molecular weight is 326 g/mol. The SMILES string of the molecule is CC[C@]1(c2cnn(C)c2)NC(=O)N(Cc2ccc(C)c(C)c2)C1=O. The van der Waals surface area contributed by atoms with Crippen LogP contribution in [0, 0.1) is 13.8 Å². The second-order valence-electron chi connectivity index (χ2n) is 6.40. The maximum absolute atomic E-state index is 13.0. The first-order chi connectivity index (χ1) is 11.4. The molecule has 3 amide bonds. The van der Waals surface area contributed by atoms with Crippen LogP contribution in [0.2, 0.25) is 0 Å². The lowest BCUT2D eigenvalue weighted by atomic mass is 9.89. The van der Waals surface area contributed by atoms with Crippen molar-refractivity contribution in [1.82, 2.24) is 20.0 Å². The van der Waals surface area contributed by atoms with Gasteiger partial charge in [0.05, 0.1) is 12.7 Å². The summed E-state index contributed by atoms with van der Waals surface area (Å²) in [6.07, 6.45) is 3.90. The van der Waals surface area contributed by atoms with Gasteiger partial charge < -0.3 is 5.32 Å². The number of aromatic nitrogens is 2. The average Bonchev–Trinajstić information content (AvgIpc) is 3.08. The molecule has 0 unspecified atom stereocenters. The second-order valence-corrected chi connectivity index (χ2v) is 6.40. The Hall–Kier alpha value is -2.63. The van der Waals surface area contributed by atoms with Crippen molar-refractivity contribution in [2.45, 2.75) is 39.3 Å². The van der Waals surface area contributed by atoms with Crippen LogP contribution in [-0.4, -0.2) is 26.6 Å². The molecule has 1 fully saturated rings. The number of nitrogens with one attached hydrogen (secondary N) is 1. The summed E-state index contributed by atoms with van der Waals surface area (Å²) in [4.78, 5) is 26.8. The smallest absolute Gasteiger partial charge is 0.319 e. The zero-order valence-corrected chi connectivity index (χ0v) is 14.5. The number of urea groups is 1. The Balaban J connectivity index is 1.92. The number of amides is 3. The van der Waals surface area contributed by atoms with E-state index in [0.717, 1.165) is 11.1 Å². The van der Waals surface area contributed by atoms with E-state index in [1.165, 1.54) is 10.5 Å². The fourth-order valence-corrected chi connectivity index (χ4v) is 3.14. The van der Waals surface area contributed by atoms with E-state index in [1.807, 2.05) is 39.0 Å². The Labute approximate surface area is 141 Å². The number of rotatable bonds is 4. The molecule has 24 heavy (non-hydrogen) atoms. The molecule has 1 aliphatic rings. The lowest BCUT2D eigenvalue weighted by molar-refractivity contribution is -0.132. The quantitative estimate of drug-likeness (QED) is 0.877. The van der Waals surface area contributed by atoms with Gasteiger partial charge in [0.15, 0.2) is 0 Å². The van der Waals surface area contributed by atoms with Gasteiger partial charge in [0, 0.05) is 18.8 Å². The van der Waals surface area contributed by atoms with Crippen LogP contribution in [-0.2, 0) is 23.9 Å². The molecule has 1 aromatic heterocycles. The minimum absolute atomic E-state index is 0.221. The monoisotopic (exact) mass is 326 g/mol. The van der Waals surface area contributed by atoms with E-state index < -0.39 is 5.54 Å². The lowest BCUT2D eigenvalue weighted by Gasteiger charge is -2.23. The molecule has 1 aliphatic heterocycles. The van der Waals surface area contributed by atoms with Gasteiger partial charge in [-0.15, -0.1) is 0 Å². The van der Waals surface area contributed by atoms with Crippen molar-refractivity contribution in [3.63, 3.8) is 0 Å². The van der Waals surface area contributed by atoms with Crippen LogP contribution in [0.5, 0.6) is 0 Å². The molecule has 1 atom stereocenters. The molecule has 126 valence electrons. The highest BCUT2D eigenvalue weighted by molar-refractivity contribution is 6.07. The first-order valence-electron chi connectivity index (χ1n) is 8.06. The molecular weight excluding hydrogens is 304 g/mol. The number of imide groups is 1. The van der Waals surface area contributed by atoms with Gasteiger partial charge in [-0.2, -0.15) is 5.10 Å². The van der Waals surface area contributed by atoms with E-state index in [9.17, 15) is 9.59 Å². The zero-order chi connectivity index (χ0) is 17.5. The van der Waals surface area contributed by atoms with Gasteiger partial charge in [-0.3, -0.25) is 14.4 Å². The molecule has 6 heteroatoms. The van der Waals surface area contributed by atoms with Crippen LogP contribution in [0.4, 0.5) is 4.79 Å². The van der Waals surface area contributed by atoms with Gasteiger partial charge in [0.2, 0.25) is 0 Å². The number of hydrogen-bond donors (Lipinski definition) is 1. The first-order valence-corrected chi connectivity index (χ1v) is 8.06. The molecular formula is C18H22N4O2. The minimum atomic E-state index is -1.02. The number of carbonyl (C=O) groups is 2. The van der Waals surface area contributed by atoms with Crippen LogP contribution >= 0.6 is 0 Å². The predicted octanol–water partition coefficient (Wildman–Crippen LogP) is 2.39. The Kier molecular flexibility index (Phi) is 3.91.